The molecule has 1 heterocycles. The van der Waals surface area contributed by atoms with E-state index in [1.165, 1.54) is 0 Å². The van der Waals surface area contributed by atoms with E-state index in [0.29, 0.717) is 13.0 Å². The number of nitrogens with one attached hydrogen (secondary N) is 1. The first-order valence-electron chi connectivity index (χ1n) is 8.10. The second kappa shape index (κ2) is 8.44. The Hall–Kier alpha value is -2.66. The molecular formula is C17H22N4O4. The van der Waals surface area contributed by atoms with Crippen molar-refractivity contribution in [2.75, 3.05) is 13.2 Å². The fourth-order valence-corrected chi connectivity index (χ4v) is 3.12. The minimum Gasteiger partial charge on any atom is -0.480 e. The van der Waals surface area contributed by atoms with E-state index in [9.17, 15) is 9.59 Å². The Morgan fingerprint density at radius 1 is 1.44 bits per heavy atom. The fraction of sp³-hybridized carbons (Fsp3) is 0.529. The van der Waals surface area contributed by atoms with Crippen molar-refractivity contribution >= 4 is 11.9 Å². The first-order valence-corrected chi connectivity index (χ1v) is 8.10. The van der Waals surface area contributed by atoms with Crippen LogP contribution in [-0.4, -0.2) is 46.0 Å². The number of ether oxygens (including phenoxy) is 1. The van der Waals surface area contributed by atoms with E-state index in [4.69, 9.17) is 15.1 Å². The molecule has 1 aromatic rings. The molecule has 2 N–H and O–H groups in total. The zero-order valence-corrected chi connectivity index (χ0v) is 14.4. The third-order valence-corrected chi connectivity index (χ3v) is 4.13. The van der Waals surface area contributed by atoms with Gasteiger partial charge in [0.2, 0.25) is 5.91 Å². The largest absolute Gasteiger partial charge is 0.480 e. The average molecular weight is 346 g/mol. The molecule has 1 aliphatic rings. The van der Waals surface area contributed by atoms with Crippen LogP contribution in [0.2, 0.25) is 0 Å². The van der Waals surface area contributed by atoms with Crippen LogP contribution in [0.5, 0.6) is 0 Å². The molecule has 0 saturated heterocycles. The number of aromatic nitrogens is 2. The van der Waals surface area contributed by atoms with E-state index in [-0.39, 0.29) is 24.5 Å². The number of allylic oxidation sites excluding steroid dienone is 1. The number of amides is 1. The molecule has 1 aromatic heterocycles. The summed E-state index contributed by atoms with van der Waals surface area (Å²) in [7, 11) is 0. The summed E-state index contributed by atoms with van der Waals surface area (Å²) in [6.07, 6.45) is 5.12. The topological polar surface area (TPSA) is 117 Å². The van der Waals surface area contributed by atoms with Crippen molar-refractivity contribution in [1.82, 2.24) is 15.1 Å². The molecule has 0 saturated carbocycles. The molecular weight excluding hydrogens is 324 g/mol. The second-order valence-electron chi connectivity index (χ2n) is 6.00. The molecule has 0 fully saturated rings. The summed E-state index contributed by atoms with van der Waals surface area (Å²) >= 11 is 0. The van der Waals surface area contributed by atoms with Crippen molar-refractivity contribution in [2.45, 2.75) is 45.2 Å². The van der Waals surface area contributed by atoms with Crippen LogP contribution >= 0.6 is 0 Å². The van der Waals surface area contributed by atoms with E-state index < -0.39 is 12.6 Å². The van der Waals surface area contributed by atoms with Gasteiger partial charge in [0.1, 0.15) is 13.2 Å². The molecule has 1 amide bonds. The monoisotopic (exact) mass is 346 g/mol. The Balaban J connectivity index is 1.92. The van der Waals surface area contributed by atoms with Gasteiger partial charge >= 0.3 is 5.97 Å². The Kier molecular flexibility index (Phi) is 6.31. The number of hydrogen-bond acceptors (Lipinski definition) is 5. The van der Waals surface area contributed by atoms with Gasteiger partial charge in [0.25, 0.3) is 0 Å². The molecule has 25 heavy (non-hydrogen) atoms. The summed E-state index contributed by atoms with van der Waals surface area (Å²) in [6, 6.07) is 2.00. The summed E-state index contributed by atoms with van der Waals surface area (Å²) in [6.45, 7) is 3.75. The summed E-state index contributed by atoms with van der Waals surface area (Å²) < 4.78 is 6.64. The van der Waals surface area contributed by atoms with Crippen LogP contribution in [0.3, 0.4) is 0 Å². The lowest BCUT2D eigenvalue weighted by Crippen LogP contribution is -2.35. The zero-order chi connectivity index (χ0) is 18.4. The van der Waals surface area contributed by atoms with Gasteiger partial charge in [-0.25, -0.2) is 4.79 Å². The highest BCUT2D eigenvalue weighted by atomic mass is 16.5. The van der Waals surface area contributed by atoms with Gasteiger partial charge in [0.05, 0.1) is 24.7 Å². The van der Waals surface area contributed by atoms with Crippen molar-refractivity contribution in [3.63, 3.8) is 0 Å². The molecule has 2 atom stereocenters. The Morgan fingerprint density at radius 3 is 2.88 bits per heavy atom. The summed E-state index contributed by atoms with van der Waals surface area (Å²) in [5.41, 5.74) is 3.11. The van der Waals surface area contributed by atoms with Crippen LogP contribution in [0.4, 0.5) is 0 Å². The van der Waals surface area contributed by atoms with Crippen molar-refractivity contribution in [3.8, 4) is 6.07 Å². The molecule has 8 heteroatoms. The van der Waals surface area contributed by atoms with Crippen LogP contribution < -0.4 is 5.32 Å². The lowest BCUT2D eigenvalue weighted by molar-refractivity contribution is -0.143. The van der Waals surface area contributed by atoms with Gasteiger partial charge in [0, 0.05) is 23.2 Å². The van der Waals surface area contributed by atoms with Crippen molar-refractivity contribution in [1.29, 1.82) is 5.26 Å². The SMILES string of the molecule is Cc1nn(CCC#N)c(C)c1[C@@H]1C=C[C@@H](NC(=O)COCC(=O)O)C1. The summed E-state index contributed by atoms with van der Waals surface area (Å²) in [5.74, 6) is -1.29. The number of carbonyl (C=O) groups is 2. The zero-order valence-electron chi connectivity index (χ0n) is 14.4. The molecule has 0 aromatic carbocycles. The van der Waals surface area contributed by atoms with Crippen LogP contribution in [0.25, 0.3) is 0 Å². The van der Waals surface area contributed by atoms with Gasteiger partial charge in [-0.3, -0.25) is 9.48 Å². The van der Waals surface area contributed by atoms with Crippen LogP contribution in [-0.2, 0) is 20.9 Å². The molecule has 0 spiro atoms. The number of hydrogen-bond donors (Lipinski definition) is 2. The lowest BCUT2D eigenvalue weighted by atomic mass is 9.96. The summed E-state index contributed by atoms with van der Waals surface area (Å²) in [4.78, 5) is 22.1. The van der Waals surface area contributed by atoms with Gasteiger partial charge < -0.3 is 15.2 Å². The highest BCUT2D eigenvalue weighted by Crippen LogP contribution is 2.33. The quantitative estimate of drug-likeness (QED) is 0.679. The maximum Gasteiger partial charge on any atom is 0.329 e. The van der Waals surface area contributed by atoms with Crippen LogP contribution in [0.1, 0.15) is 35.7 Å². The number of aliphatic carboxylic acids is 1. The molecule has 134 valence electrons. The van der Waals surface area contributed by atoms with E-state index in [1.807, 2.05) is 24.6 Å². The van der Waals surface area contributed by atoms with Gasteiger partial charge in [-0.2, -0.15) is 10.4 Å². The highest BCUT2D eigenvalue weighted by molar-refractivity contribution is 5.78. The van der Waals surface area contributed by atoms with Crippen molar-refractivity contribution < 1.29 is 19.4 Å². The smallest absolute Gasteiger partial charge is 0.329 e. The molecule has 0 bridgehead atoms. The van der Waals surface area contributed by atoms with Gasteiger partial charge in [-0.05, 0) is 20.3 Å². The lowest BCUT2D eigenvalue weighted by Gasteiger charge is -2.14. The number of nitriles is 1. The number of carboxylic acid groups (broad SMARTS) is 1. The molecule has 0 radical (unpaired) electrons. The fourth-order valence-electron chi connectivity index (χ4n) is 3.12. The normalized spacial score (nSPS) is 18.9. The third-order valence-electron chi connectivity index (χ3n) is 4.13. The maximum atomic E-state index is 11.8. The molecule has 8 nitrogen and oxygen atoms in total. The Labute approximate surface area is 146 Å². The van der Waals surface area contributed by atoms with Gasteiger partial charge in [-0.15, -0.1) is 0 Å². The minimum atomic E-state index is -1.10. The first-order chi connectivity index (χ1) is 11.9. The number of nitrogens with zero attached hydrogens (tertiary/aromatic N) is 3. The molecule has 2 rings (SSSR count). The molecule has 0 unspecified atom stereocenters. The highest BCUT2D eigenvalue weighted by Gasteiger charge is 2.26. The molecule has 0 aliphatic heterocycles. The second-order valence-corrected chi connectivity index (χ2v) is 6.00. The van der Waals surface area contributed by atoms with Crippen molar-refractivity contribution in [2.24, 2.45) is 0 Å². The minimum absolute atomic E-state index is 0.118. The third kappa shape index (κ3) is 4.90. The predicted octanol–water partition coefficient (Wildman–Crippen LogP) is 1.04. The Bertz CT molecular complexity index is 717. The van der Waals surface area contributed by atoms with Crippen molar-refractivity contribution in [3.05, 3.63) is 29.1 Å². The van der Waals surface area contributed by atoms with Gasteiger partial charge in [-0.1, -0.05) is 12.2 Å². The number of carboxylic acids is 1. The van der Waals surface area contributed by atoms with E-state index in [2.05, 4.69) is 22.6 Å². The molecule has 1 aliphatic carbocycles. The maximum absolute atomic E-state index is 11.8. The number of carbonyl (C=O) groups excluding carboxylic acids is 1. The van der Waals surface area contributed by atoms with Gasteiger partial charge in [0.15, 0.2) is 0 Å². The van der Waals surface area contributed by atoms with Crippen LogP contribution in [0, 0.1) is 25.2 Å². The number of aryl methyl sites for hydroxylation is 2. The predicted molar refractivity (Wildman–Crippen MR) is 88.8 cm³/mol. The van der Waals surface area contributed by atoms with E-state index in [0.717, 1.165) is 23.4 Å². The van der Waals surface area contributed by atoms with E-state index >= 15 is 0 Å². The Morgan fingerprint density at radius 2 is 2.20 bits per heavy atom. The standard InChI is InChI=1S/C17H22N4O4/c1-11-17(12(2)21(20-11)7-3-6-18)13-4-5-14(8-13)19-15(22)9-25-10-16(23)24/h4-5,13-14H,3,7-10H2,1-2H3,(H,19,22)(H,23,24)/t13-,14-/m1/s1. The van der Waals surface area contributed by atoms with E-state index in [1.54, 1.807) is 0 Å². The van der Waals surface area contributed by atoms with Crippen LogP contribution in [0.15, 0.2) is 12.2 Å². The number of rotatable bonds is 8. The summed E-state index contributed by atoms with van der Waals surface area (Å²) in [5, 5.41) is 24.5. The first kappa shape index (κ1) is 18.7. The average Bonchev–Trinajstić information content (AvgIpc) is 3.09.